The Labute approximate surface area is 174 Å². The molecule has 5 nitrogen and oxygen atoms in total. The number of pyridine rings is 1. The first-order valence-electron chi connectivity index (χ1n) is 8.87. The first-order valence-corrected chi connectivity index (χ1v) is 9.25. The summed E-state index contributed by atoms with van der Waals surface area (Å²) >= 11 is 5.81. The third kappa shape index (κ3) is 8.09. The molecule has 0 unspecified atom stereocenters. The summed E-state index contributed by atoms with van der Waals surface area (Å²) in [6, 6.07) is 4.45. The molecule has 1 aliphatic rings. The normalized spacial score (nSPS) is 18.3. The Morgan fingerprint density at radius 3 is 2.84 bits per heavy atom. The van der Waals surface area contributed by atoms with Crippen LogP contribution in [0.15, 0.2) is 23.3 Å². The van der Waals surface area contributed by atoms with Crippen LogP contribution < -0.4 is 10.6 Å². The summed E-state index contributed by atoms with van der Waals surface area (Å²) in [5.74, 6) is 1.59. The molecule has 0 bridgehead atoms. The number of rotatable bonds is 7. The Morgan fingerprint density at radius 1 is 1.40 bits per heavy atom. The highest BCUT2D eigenvalue weighted by Crippen LogP contribution is 2.17. The second-order valence-electron chi connectivity index (χ2n) is 6.80. The minimum Gasteiger partial charge on any atom is -0.356 e. The van der Waals surface area contributed by atoms with Crippen LogP contribution in [0.5, 0.6) is 0 Å². The molecule has 1 aromatic rings. The van der Waals surface area contributed by atoms with Gasteiger partial charge in [0.05, 0.1) is 0 Å². The molecule has 142 valence electrons. The van der Waals surface area contributed by atoms with E-state index in [1.54, 1.807) is 0 Å². The molecule has 1 atom stereocenters. The van der Waals surface area contributed by atoms with Gasteiger partial charge in [0, 0.05) is 38.9 Å². The zero-order valence-electron chi connectivity index (χ0n) is 15.5. The van der Waals surface area contributed by atoms with Gasteiger partial charge in [0.15, 0.2) is 5.96 Å². The van der Waals surface area contributed by atoms with Crippen molar-refractivity contribution < 1.29 is 0 Å². The molecule has 7 heteroatoms. The molecule has 2 rings (SSSR count). The monoisotopic (exact) mass is 479 g/mol. The highest BCUT2D eigenvalue weighted by atomic mass is 127. The minimum atomic E-state index is 0. The third-order valence-corrected chi connectivity index (χ3v) is 4.55. The van der Waals surface area contributed by atoms with Gasteiger partial charge in [-0.15, -0.1) is 24.0 Å². The summed E-state index contributed by atoms with van der Waals surface area (Å²) in [6.07, 6.45) is 5.29. The molecule has 2 N–H and O–H groups in total. The van der Waals surface area contributed by atoms with Gasteiger partial charge in [0.25, 0.3) is 0 Å². The number of aromatic nitrogens is 1. The maximum Gasteiger partial charge on any atom is 0.191 e. The van der Waals surface area contributed by atoms with Crippen LogP contribution in [0.4, 0.5) is 0 Å². The van der Waals surface area contributed by atoms with E-state index in [1.165, 1.54) is 31.5 Å². The van der Waals surface area contributed by atoms with Gasteiger partial charge in [-0.1, -0.05) is 31.5 Å². The van der Waals surface area contributed by atoms with Crippen LogP contribution in [-0.2, 0) is 6.42 Å². The highest BCUT2D eigenvalue weighted by Gasteiger charge is 2.24. The summed E-state index contributed by atoms with van der Waals surface area (Å²) in [5, 5.41) is 7.38. The maximum atomic E-state index is 5.81. The first kappa shape index (κ1) is 22.4. The molecule has 1 fully saturated rings. The lowest BCUT2D eigenvalue weighted by atomic mass is 10.1. The van der Waals surface area contributed by atoms with Crippen molar-refractivity contribution in [1.82, 2.24) is 20.5 Å². The standard InChI is InChI=1S/C18H30ClN5.HI/c1-14(2)13-24-10-4-5-16(24)12-23-18(20-3)21-9-8-15-6-7-17(19)22-11-15;/h6-7,11,14,16H,4-5,8-10,12-13H2,1-3H3,(H2,20,21,23);1H/t16-;/m1./s1. The molecule has 1 saturated heterocycles. The lowest BCUT2D eigenvalue weighted by Crippen LogP contribution is -2.46. The largest absolute Gasteiger partial charge is 0.356 e. The highest BCUT2D eigenvalue weighted by molar-refractivity contribution is 14.0. The van der Waals surface area contributed by atoms with E-state index in [4.69, 9.17) is 11.6 Å². The first-order chi connectivity index (χ1) is 11.6. The average molecular weight is 480 g/mol. The van der Waals surface area contributed by atoms with Crippen LogP contribution in [-0.4, -0.2) is 55.1 Å². The molecular formula is C18H31ClIN5. The van der Waals surface area contributed by atoms with E-state index in [9.17, 15) is 0 Å². The molecule has 25 heavy (non-hydrogen) atoms. The predicted octanol–water partition coefficient (Wildman–Crippen LogP) is 3.18. The van der Waals surface area contributed by atoms with Gasteiger partial charge in [0.1, 0.15) is 5.15 Å². The number of likely N-dealkylation sites (tertiary alicyclic amines) is 1. The van der Waals surface area contributed by atoms with Crippen molar-refractivity contribution in [2.24, 2.45) is 10.9 Å². The van der Waals surface area contributed by atoms with Crippen molar-refractivity contribution >= 4 is 41.5 Å². The van der Waals surface area contributed by atoms with Gasteiger partial charge in [-0.05, 0) is 43.4 Å². The molecule has 0 spiro atoms. The number of aliphatic imine (C=N–C) groups is 1. The lowest BCUT2D eigenvalue weighted by molar-refractivity contribution is 0.226. The van der Waals surface area contributed by atoms with Crippen molar-refractivity contribution in [3.63, 3.8) is 0 Å². The van der Waals surface area contributed by atoms with Crippen molar-refractivity contribution in [1.29, 1.82) is 0 Å². The molecule has 1 aromatic heterocycles. The summed E-state index contributed by atoms with van der Waals surface area (Å²) in [6.45, 7) is 8.75. The number of nitrogens with one attached hydrogen (secondary N) is 2. The van der Waals surface area contributed by atoms with Gasteiger partial charge in [-0.3, -0.25) is 9.89 Å². The number of guanidine groups is 1. The molecular weight excluding hydrogens is 449 g/mol. The Kier molecular flexibility index (Phi) is 10.7. The number of halogens is 2. The van der Waals surface area contributed by atoms with E-state index in [0.29, 0.717) is 11.2 Å². The molecule has 1 aliphatic heterocycles. The van der Waals surface area contributed by atoms with Gasteiger partial charge < -0.3 is 10.6 Å². The zero-order chi connectivity index (χ0) is 17.4. The Bertz CT molecular complexity index is 521. The zero-order valence-corrected chi connectivity index (χ0v) is 18.6. The molecule has 0 radical (unpaired) electrons. The summed E-state index contributed by atoms with van der Waals surface area (Å²) in [7, 11) is 1.82. The summed E-state index contributed by atoms with van der Waals surface area (Å²) in [4.78, 5) is 11.0. The summed E-state index contributed by atoms with van der Waals surface area (Å²) < 4.78 is 0. The van der Waals surface area contributed by atoms with Gasteiger partial charge in [0.2, 0.25) is 0 Å². The second kappa shape index (κ2) is 11.9. The van der Waals surface area contributed by atoms with Gasteiger partial charge in [-0.25, -0.2) is 4.98 Å². The van der Waals surface area contributed by atoms with E-state index in [1.807, 2.05) is 25.4 Å². The van der Waals surface area contributed by atoms with Gasteiger partial charge in [-0.2, -0.15) is 0 Å². The fourth-order valence-electron chi connectivity index (χ4n) is 3.15. The Hall–Kier alpha value is -0.600. The van der Waals surface area contributed by atoms with Crippen molar-refractivity contribution in [2.45, 2.75) is 39.2 Å². The molecule has 0 aromatic carbocycles. The van der Waals surface area contributed by atoms with Crippen LogP contribution in [0.1, 0.15) is 32.3 Å². The van der Waals surface area contributed by atoms with E-state index < -0.39 is 0 Å². The average Bonchev–Trinajstić information content (AvgIpc) is 2.99. The fourth-order valence-corrected chi connectivity index (χ4v) is 3.26. The Morgan fingerprint density at radius 2 is 2.20 bits per heavy atom. The number of nitrogens with zero attached hydrogens (tertiary/aromatic N) is 3. The van der Waals surface area contributed by atoms with Crippen LogP contribution in [0, 0.1) is 5.92 Å². The van der Waals surface area contributed by atoms with Crippen LogP contribution in [0.2, 0.25) is 5.15 Å². The maximum absolute atomic E-state index is 5.81. The van der Waals surface area contributed by atoms with Crippen molar-refractivity contribution in [2.75, 3.05) is 33.2 Å². The number of hydrogen-bond acceptors (Lipinski definition) is 3. The summed E-state index contributed by atoms with van der Waals surface area (Å²) in [5.41, 5.74) is 1.17. The lowest BCUT2D eigenvalue weighted by Gasteiger charge is -2.27. The molecule has 0 aliphatic carbocycles. The van der Waals surface area contributed by atoms with Crippen LogP contribution >= 0.6 is 35.6 Å². The van der Waals surface area contributed by atoms with Crippen molar-refractivity contribution in [3.05, 3.63) is 29.0 Å². The van der Waals surface area contributed by atoms with Gasteiger partial charge >= 0.3 is 0 Å². The molecule has 2 heterocycles. The number of hydrogen-bond donors (Lipinski definition) is 2. The molecule has 0 amide bonds. The van der Waals surface area contributed by atoms with Crippen molar-refractivity contribution in [3.8, 4) is 0 Å². The predicted molar refractivity (Wildman–Crippen MR) is 117 cm³/mol. The van der Waals surface area contributed by atoms with Crippen LogP contribution in [0.3, 0.4) is 0 Å². The Balaban J connectivity index is 0.00000312. The topological polar surface area (TPSA) is 52.6 Å². The third-order valence-electron chi connectivity index (χ3n) is 4.32. The van der Waals surface area contributed by atoms with Crippen LogP contribution in [0.25, 0.3) is 0 Å². The van der Waals surface area contributed by atoms with E-state index in [2.05, 4.69) is 39.4 Å². The molecule has 0 saturated carbocycles. The quantitative estimate of drug-likeness (QED) is 0.273. The minimum absolute atomic E-state index is 0. The fraction of sp³-hybridized carbons (Fsp3) is 0.667. The van der Waals surface area contributed by atoms with E-state index >= 15 is 0 Å². The SMILES string of the molecule is CN=C(NCCc1ccc(Cl)nc1)NC[C@H]1CCCN1CC(C)C.I. The van der Waals surface area contributed by atoms with E-state index in [-0.39, 0.29) is 24.0 Å². The smallest absolute Gasteiger partial charge is 0.191 e. The van der Waals surface area contributed by atoms with E-state index in [0.717, 1.165) is 31.4 Å². The second-order valence-corrected chi connectivity index (χ2v) is 7.19.